The summed E-state index contributed by atoms with van der Waals surface area (Å²) in [4.78, 5) is 22.6. The highest BCUT2D eigenvalue weighted by Crippen LogP contribution is 2.02. The Morgan fingerprint density at radius 1 is 1.38 bits per heavy atom. The van der Waals surface area contributed by atoms with Crippen LogP contribution >= 0.6 is 11.8 Å². The van der Waals surface area contributed by atoms with E-state index in [0.717, 1.165) is 5.75 Å². The number of alkyl carbamates (subject to hydrolysis) is 1. The van der Waals surface area contributed by atoms with Crippen LogP contribution in [0.25, 0.3) is 0 Å². The van der Waals surface area contributed by atoms with E-state index in [0.29, 0.717) is 18.9 Å². The zero-order valence-corrected chi connectivity index (χ0v) is 11.2. The van der Waals surface area contributed by atoms with Crippen molar-refractivity contribution in [2.75, 3.05) is 18.6 Å². The summed E-state index contributed by atoms with van der Waals surface area (Å²) < 4.78 is 4.95. The van der Waals surface area contributed by atoms with E-state index in [1.54, 1.807) is 11.8 Å². The van der Waals surface area contributed by atoms with E-state index in [-0.39, 0.29) is 5.78 Å². The highest BCUT2D eigenvalue weighted by Gasteiger charge is 2.17. The van der Waals surface area contributed by atoms with Gasteiger partial charge in [-0.05, 0) is 31.3 Å². The summed E-state index contributed by atoms with van der Waals surface area (Å²) in [6.07, 6.45) is 2.11. The number of thioether (sulfide) groups is 1. The first kappa shape index (κ1) is 15.3. The van der Waals surface area contributed by atoms with E-state index < -0.39 is 12.1 Å². The topological polar surface area (TPSA) is 55.4 Å². The highest BCUT2D eigenvalue weighted by atomic mass is 32.2. The van der Waals surface area contributed by atoms with Crippen LogP contribution in [0.3, 0.4) is 0 Å². The molecule has 0 aliphatic rings. The Balaban J connectivity index is 3.98. The van der Waals surface area contributed by atoms with Gasteiger partial charge in [-0.25, -0.2) is 4.79 Å². The molecule has 1 atom stereocenters. The second kappa shape index (κ2) is 8.44. The number of Topliss-reactive ketones (excluding diaryl/α,β-unsaturated/α-hetero) is 1. The Labute approximate surface area is 101 Å². The number of rotatable bonds is 7. The molecule has 16 heavy (non-hydrogen) atoms. The lowest BCUT2D eigenvalue weighted by atomic mass is 10.1. The third kappa shape index (κ3) is 7.56. The van der Waals surface area contributed by atoms with Gasteiger partial charge in [0.2, 0.25) is 0 Å². The molecule has 0 aromatic rings. The van der Waals surface area contributed by atoms with Gasteiger partial charge in [-0.15, -0.1) is 0 Å². The van der Waals surface area contributed by atoms with Gasteiger partial charge >= 0.3 is 6.09 Å². The molecule has 0 aromatic heterocycles. The first-order chi connectivity index (χ1) is 7.47. The molecule has 0 rings (SSSR count). The number of hydrogen-bond acceptors (Lipinski definition) is 4. The van der Waals surface area contributed by atoms with Gasteiger partial charge < -0.3 is 10.1 Å². The molecule has 0 fully saturated rings. The van der Waals surface area contributed by atoms with Crippen molar-refractivity contribution in [1.82, 2.24) is 5.32 Å². The van der Waals surface area contributed by atoms with Crippen LogP contribution in [0.4, 0.5) is 4.79 Å². The quantitative estimate of drug-likeness (QED) is 0.748. The third-order valence-electron chi connectivity index (χ3n) is 1.94. The van der Waals surface area contributed by atoms with Crippen LogP contribution in [0, 0.1) is 5.92 Å². The Bertz CT molecular complexity index is 231. The van der Waals surface area contributed by atoms with Gasteiger partial charge in [0, 0.05) is 0 Å². The molecule has 1 unspecified atom stereocenters. The molecule has 0 bridgehead atoms. The third-order valence-corrected chi connectivity index (χ3v) is 2.59. The average Bonchev–Trinajstić information content (AvgIpc) is 2.20. The van der Waals surface area contributed by atoms with E-state index in [2.05, 4.69) is 5.32 Å². The minimum atomic E-state index is -0.505. The van der Waals surface area contributed by atoms with Crippen LogP contribution < -0.4 is 5.32 Å². The van der Waals surface area contributed by atoms with Crippen LogP contribution in [0.5, 0.6) is 0 Å². The van der Waals surface area contributed by atoms with Crippen molar-refractivity contribution in [3.8, 4) is 0 Å². The summed E-state index contributed by atoms with van der Waals surface area (Å²) in [5.74, 6) is 1.11. The number of carbonyl (C=O) groups excluding carboxylic acids is 2. The molecule has 94 valence electrons. The van der Waals surface area contributed by atoms with Gasteiger partial charge in [0.15, 0.2) is 5.78 Å². The first-order valence-corrected chi connectivity index (χ1v) is 6.79. The predicted octanol–water partition coefficient (Wildman–Crippen LogP) is 2.08. The van der Waals surface area contributed by atoms with Gasteiger partial charge in [0.25, 0.3) is 0 Å². The van der Waals surface area contributed by atoms with E-state index >= 15 is 0 Å². The fourth-order valence-electron chi connectivity index (χ4n) is 1.04. The molecular weight excluding hydrogens is 226 g/mol. The summed E-state index contributed by atoms with van der Waals surface area (Å²) in [7, 11) is 0. The number of carbonyl (C=O) groups is 2. The van der Waals surface area contributed by atoms with Crippen LogP contribution in [-0.4, -0.2) is 36.5 Å². The van der Waals surface area contributed by atoms with Crippen molar-refractivity contribution in [2.45, 2.75) is 33.2 Å². The second-order valence-corrected chi connectivity index (χ2v) is 5.07. The van der Waals surface area contributed by atoms with Gasteiger partial charge in [-0.1, -0.05) is 13.8 Å². The van der Waals surface area contributed by atoms with Crippen molar-refractivity contribution in [2.24, 2.45) is 5.92 Å². The zero-order chi connectivity index (χ0) is 12.6. The van der Waals surface area contributed by atoms with Gasteiger partial charge in [-0.3, -0.25) is 4.79 Å². The standard InChI is InChI=1S/C11H21NO3S/c1-8(2)7-15-11(14)12-10(9(3)13)5-6-16-4/h8,10H,5-7H2,1-4H3,(H,12,14). The number of hydrogen-bond donors (Lipinski definition) is 1. The Morgan fingerprint density at radius 3 is 2.44 bits per heavy atom. The minimum absolute atomic E-state index is 0.0319. The van der Waals surface area contributed by atoms with Gasteiger partial charge in [0.1, 0.15) is 0 Å². The van der Waals surface area contributed by atoms with Crippen molar-refractivity contribution in [1.29, 1.82) is 0 Å². The Hall–Kier alpha value is -0.710. The average molecular weight is 247 g/mol. The molecule has 0 spiro atoms. The first-order valence-electron chi connectivity index (χ1n) is 5.40. The van der Waals surface area contributed by atoms with Crippen molar-refractivity contribution in [3.05, 3.63) is 0 Å². The second-order valence-electron chi connectivity index (χ2n) is 4.08. The van der Waals surface area contributed by atoms with E-state index in [9.17, 15) is 9.59 Å². The van der Waals surface area contributed by atoms with Crippen LogP contribution in [0.15, 0.2) is 0 Å². The molecule has 1 N–H and O–H groups in total. The summed E-state index contributed by atoms with van der Waals surface area (Å²) in [5.41, 5.74) is 0. The fraction of sp³-hybridized carbons (Fsp3) is 0.818. The summed E-state index contributed by atoms with van der Waals surface area (Å²) in [6.45, 7) is 5.78. The lowest BCUT2D eigenvalue weighted by Crippen LogP contribution is -2.40. The maximum atomic E-state index is 11.3. The molecular formula is C11H21NO3S. The van der Waals surface area contributed by atoms with Crippen molar-refractivity contribution < 1.29 is 14.3 Å². The van der Waals surface area contributed by atoms with Crippen LogP contribution in [0.1, 0.15) is 27.2 Å². The van der Waals surface area contributed by atoms with E-state index in [1.807, 2.05) is 20.1 Å². The Morgan fingerprint density at radius 2 is 2.00 bits per heavy atom. The number of nitrogens with one attached hydrogen (secondary N) is 1. The number of ketones is 1. The van der Waals surface area contributed by atoms with Crippen molar-refractivity contribution >= 4 is 23.6 Å². The molecule has 4 nitrogen and oxygen atoms in total. The molecule has 0 saturated carbocycles. The molecule has 0 aromatic carbocycles. The Kier molecular flexibility index (Phi) is 8.07. The monoisotopic (exact) mass is 247 g/mol. The number of amides is 1. The van der Waals surface area contributed by atoms with Crippen molar-refractivity contribution in [3.63, 3.8) is 0 Å². The van der Waals surface area contributed by atoms with Crippen LogP contribution in [-0.2, 0) is 9.53 Å². The maximum Gasteiger partial charge on any atom is 0.407 e. The smallest absolute Gasteiger partial charge is 0.407 e. The zero-order valence-electron chi connectivity index (χ0n) is 10.4. The van der Waals surface area contributed by atoms with E-state index in [1.165, 1.54) is 6.92 Å². The molecule has 1 amide bonds. The van der Waals surface area contributed by atoms with Gasteiger partial charge in [0.05, 0.1) is 12.6 Å². The molecule has 0 aliphatic heterocycles. The summed E-state index contributed by atoms with van der Waals surface area (Å²) in [6, 6.07) is -0.424. The lowest BCUT2D eigenvalue weighted by molar-refractivity contribution is -0.118. The van der Waals surface area contributed by atoms with E-state index in [4.69, 9.17) is 4.74 Å². The number of ether oxygens (including phenoxy) is 1. The maximum absolute atomic E-state index is 11.3. The summed E-state index contributed by atoms with van der Waals surface area (Å²) in [5, 5.41) is 2.58. The lowest BCUT2D eigenvalue weighted by Gasteiger charge is -2.15. The predicted molar refractivity (Wildman–Crippen MR) is 66.8 cm³/mol. The SMILES string of the molecule is CSCCC(NC(=O)OCC(C)C)C(C)=O. The molecule has 0 heterocycles. The molecule has 0 radical (unpaired) electrons. The van der Waals surface area contributed by atoms with Crippen LogP contribution in [0.2, 0.25) is 0 Å². The van der Waals surface area contributed by atoms with Gasteiger partial charge in [-0.2, -0.15) is 11.8 Å². The molecule has 0 aliphatic carbocycles. The molecule has 5 heteroatoms. The minimum Gasteiger partial charge on any atom is -0.449 e. The highest BCUT2D eigenvalue weighted by molar-refractivity contribution is 7.98. The largest absolute Gasteiger partial charge is 0.449 e. The fourth-order valence-corrected chi connectivity index (χ4v) is 1.51. The normalized spacial score (nSPS) is 12.3. The summed E-state index contributed by atoms with van der Waals surface area (Å²) >= 11 is 1.65. The molecule has 0 saturated heterocycles.